The van der Waals surface area contributed by atoms with Gasteiger partial charge in [-0.05, 0) is 32.9 Å². The van der Waals surface area contributed by atoms with E-state index in [1.54, 1.807) is 26.8 Å². The van der Waals surface area contributed by atoms with E-state index >= 15 is 0 Å². The largest absolute Gasteiger partial charge is 0.357 e. The maximum absolute atomic E-state index is 13.2. The minimum Gasteiger partial charge on any atom is -0.357 e. The molecule has 0 spiro atoms. The molecule has 0 bridgehead atoms. The number of allylic oxidation sites excluding steroid dienone is 2. The van der Waals surface area contributed by atoms with Crippen molar-refractivity contribution in [1.29, 1.82) is 0 Å². The third kappa shape index (κ3) is 3.73. The van der Waals surface area contributed by atoms with E-state index < -0.39 is 29.2 Å². The number of nitrogens with one attached hydrogen (secondary N) is 2. The second-order valence-electron chi connectivity index (χ2n) is 8.34. The van der Waals surface area contributed by atoms with Crippen molar-refractivity contribution < 1.29 is 14.4 Å². The molecule has 156 valence electrons. The predicted molar refractivity (Wildman–Crippen MR) is 118 cm³/mol. The van der Waals surface area contributed by atoms with Crippen molar-refractivity contribution in [3.8, 4) is 0 Å². The van der Waals surface area contributed by atoms with Crippen LogP contribution in [0.1, 0.15) is 45.9 Å². The summed E-state index contributed by atoms with van der Waals surface area (Å²) in [7, 11) is 0. The first-order valence-electron chi connectivity index (χ1n) is 9.86. The summed E-state index contributed by atoms with van der Waals surface area (Å²) < 4.78 is 0. The molecule has 1 aromatic heterocycles. The van der Waals surface area contributed by atoms with Crippen molar-refractivity contribution >= 4 is 34.7 Å². The molecule has 2 heterocycles. The molecule has 0 unspecified atom stereocenters. The van der Waals surface area contributed by atoms with Crippen molar-refractivity contribution in [2.24, 2.45) is 0 Å². The van der Waals surface area contributed by atoms with E-state index in [2.05, 4.69) is 16.9 Å². The van der Waals surface area contributed by atoms with Crippen LogP contribution in [-0.4, -0.2) is 33.6 Å². The van der Waals surface area contributed by atoms with Crippen LogP contribution in [0.4, 0.5) is 0 Å². The molecule has 1 saturated heterocycles. The monoisotopic (exact) mass is 405 g/mol. The number of aromatic nitrogens is 1. The second-order valence-corrected chi connectivity index (χ2v) is 8.34. The number of benzene rings is 1. The number of fused-ring (bicyclic) bond motifs is 1. The number of nitrogens with zero attached hydrogens (tertiary/aromatic N) is 1. The first-order chi connectivity index (χ1) is 14.1. The highest BCUT2D eigenvalue weighted by molar-refractivity contribution is 6.16. The number of rotatable bonds is 4. The van der Waals surface area contributed by atoms with Gasteiger partial charge in [-0.2, -0.15) is 0 Å². The van der Waals surface area contributed by atoms with E-state index in [-0.39, 0.29) is 5.70 Å². The van der Waals surface area contributed by atoms with Gasteiger partial charge in [-0.3, -0.25) is 19.3 Å². The van der Waals surface area contributed by atoms with Gasteiger partial charge in [-0.1, -0.05) is 43.7 Å². The standard InChI is InChI=1S/C24H27N3O3/c1-7-24(5,6)21-17(16-10-8-9-11-18(16)25-21)13-19-23(30)27(15(4)22(29)26-19)20(28)12-14(2)3/h7-13,15,25H,1H2,2-6H3,(H,26,29)/b19-13-/t15-/m0/s1. The zero-order valence-corrected chi connectivity index (χ0v) is 18.0. The molecule has 1 atom stereocenters. The SMILES string of the molecule is C=CC(C)(C)c1[nH]c2ccccc2c1/C=C1\NC(=O)[C@H](C)N(C(=O)C=C(C)C)C1=O. The van der Waals surface area contributed by atoms with Gasteiger partial charge < -0.3 is 10.3 Å². The quantitative estimate of drug-likeness (QED) is 0.599. The van der Waals surface area contributed by atoms with Crippen molar-refractivity contribution in [2.75, 3.05) is 0 Å². The Balaban J connectivity index is 2.18. The highest BCUT2D eigenvalue weighted by Gasteiger charge is 2.38. The molecule has 0 radical (unpaired) electrons. The highest BCUT2D eigenvalue weighted by Crippen LogP contribution is 2.34. The molecule has 1 aromatic carbocycles. The average molecular weight is 405 g/mol. The number of H-pyrrole nitrogens is 1. The third-order valence-electron chi connectivity index (χ3n) is 5.31. The highest BCUT2D eigenvalue weighted by atomic mass is 16.2. The maximum Gasteiger partial charge on any atom is 0.277 e. The smallest absolute Gasteiger partial charge is 0.277 e. The lowest BCUT2D eigenvalue weighted by Crippen LogP contribution is -2.57. The van der Waals surface area contributed by atoms with Gasteiger partial charge in [-0.25, -0.2) is 0 Å². The molecule has 6 heteroatoms. The number of para-hydroxylation sites is 1. The summed E-state index contributed by atoms with van der Waals surface area (Å²) in [5.74, 6) is -1.43. The molecule has 0 aliphatic carbocycles. The number of piperazine rings is 1. The molecule has 1 aliphatic heterocycles. The van der Waals surface area contributed by atoms with Crippen molar-refractivity contribution in [2.45, 2.75) is 46.1 Å². The minimum atomic E-state index is -0.884. The fourth-order valence-corrected chi connectivity index (χ4v) is 3.49. The fourth-order valence-electron chi connectivity index (χ4n) is 3.49. The van der Waals surface area contributed by atoms with Gasteiger partial charge in [0, 0.05) is 33.7 Å². The van der Waals surface area contributed by atoms with E-state index in [0.29, 0.717) is 0 Å². The van der Waals surface area contributed by atoms with Crippen molar-refractivity contribution in [3.05, 3.63) is 65.5 Å². The Morgan fingerprint density at radius 3 is 2.50 bits per heavy atom. The van der Waals surface area contributed by atoms with Gasteiger partial charge in [0.15, 0.2) is 0 Å². The Morgan fingerprint density at radius 1 is 1.20 bits per heavy atom. The van der Waals surface area contributed by atoms with Crippen molar-refractivity contribution in [1.82, 2.24) is 15.2 Å². The van der Waals surface area contributed by atoms with E-state index in [0.717, 1.165) is 32.6 Å². The summed E-state index contributed by atoms with van der Waals surface area (Å²) in [5.41, 5.74) is 2.98. The lowest BCUT2D eigenvalue weighted by Gasteiger charge is -2.32. The van der Waals surface area contributed by atoms with Gasteiger partial charge in [0.05, 0.1) is 0 Å². The van der Waals surface area contributed by atoms with Gasteiger partial charge in [0.2, 0.25) is 5.91 Å². The molecule has 3 amide bonds. The molecule has 1 fully saturated rings. The molecular formula is C24H27N3O3. The van der Waals surface area contributed by atoms with Crippen molar-refractivity contribution in [3.63, 3.8) is 0 Å². The number of imide groups is 1. The van der Waals surface area contributed by atoms with E-state index in [1.807, 2.05) is 44.2 Å². The number of carbonyl (C=O) groups excluding carboxylic acids is 3. The minimum absolute atomic E-state index is 0.0690. The lowest BCUT2D eigenvalue weighted by molar-refractivity contribution is -0.150. The zero-order valence-electron chi connectivity index (χ0n) is 18.0. The Kier molecular flexibility index (Phi) is 5.53. The van der Waals surface area contributed by atoms with Crippen LogP contribution in [0.3, 0.4) is 0 Å². The van der Waals surface area contributed by atoms with Crippen LogP contribution in [0.15, 0.2) is 54.3 Å². The number of hydrogen-bond acceptors (Lipinski definition) is 3. The van der Waals surface area contributed by atoms with Crippen LogP contribution in [0.25, 0.3) is 17.0 Å². The molecule has 6 nitrogen and oxygen atoms in total. The molecule has 2 aromatic rings. The third-order valence-corrected chi connectivity index (χ3v) is 5.31. The van der Waals surface area contributed by atoms with Crippen LogP contribution < -0.4 is 5.32 Å². The van der Waals surface area contributed by atoms with Crippen LogP contribution in [0.5, 0.6) is 0 Å². The number of carbonyl (C=O) groups is 3. The number of aromatic amines is 1. The van der Waals surface area contributed by atoms with Gasteiger partial charge in [-0.15, -0.1) is 6.58 Å². The van der Waals surface area contributed by atoms with E-state index in [4.69, 9.17) is 0 Å². The second kappa shape index (κ2) is 7.78. The van der Waals surface area contributed by atoms with Gasteiger partial charge >= 0.3 is 0 Å². The summed E-state index contributed by atoms with van der Waals surface area (Å²) in [6.07, 6.45) is 4.84. The fraction of sp³-hybridized carbons (Fsp3) is 0.292. The van der Waals surface area contributed by atoms with Gasteiger partial charge in [0.25, 0.3) is 11.8 Å². The van der Waals surface area contributed by atoms with Crippen LogP contribution in [0, 0.1) is 0 Å². The van der Waals surface area contributed by atoms with E-state index in [9.17, 15) is 14.4 Å². The van der Waals surface area contributed by atoms with Crippen LogP contribution in [-0.2, 0) is 19.8 Å². The van der Waals surface area contributed by atoms with E-state index in [1.165, 1.54) is 6.08 Å². The first-order valence-corrected chi connectivity index (χ1v) is 9.86. The molecule has 1 aliphatic rings. The Hall–Kier alpha value is -3.41. The summed E-state index contributed by atoms with van der Waals surface area (Å²) in [4.78, 5) is 42.7. The topological polar surface area (TPSA) is 82.3 Å². The lowest BCUT2D eigenvalue weighted by atomic mass is 9.86. The van der Waals surface area contributed by atoms with Gasteiger partial charge in [0.1, 0.15) is 11.7 Å². The first kappa shape index (κ1) is 21.3. The maximum atomic E-state index is 13.2. The summed E-state index contributed by atoms with van der Waals surface area (Å²) >= 11 is 0. The van der Waals surface area contributed by atoms with Crippen LogP contribution >= 0.6 is 0 Å². The summed E-state index contributed by atoms with van der Waals surface area (Å²) in [6.45, 7) is 13.0. The molecule has 2 N–H and O–H groups in total. The zero-order chi connectivity index (χ0) is 22.2. The molecule has 30 heavy (non-hydrogen) atoms. The normalized spacial score (nSPS) is 18.5. The number of amides is 3. The Morgan fingerprint density at radius 2 is 1.87 bits per heavy atom. The number of hydrogen-bond donors (Lipinski definition) is 2. The summed E-state index contributed by atoms with van der Waals surface area (Å²) in [6, 6.07) is 6.86. The van der Waals surface area contributed by atoms with Crippen LogP contribution in [0.2, 0.25) is 0 Å². The Labute approximate surface area is 176 Å². The molecular weight excluding hydrogens is 378 g/mol. The Bertz CT molecular complexity index is 1110. The molecule has 3 rings (SSSR count). The predicted octanol–water partition coefficient (Wildman–Crippen LogP) is 3.81. The molecule has 0 saturated carbocycles. The summed E-state index contributed by atoms with van der Waals surface area (Å²) in [5, 5.41) is 3.59. The average Bonchev–Trinajstić information content (AvgIpc) is 3.05.